The topological polar surface area (TPSA) is 48.5 Å². The van der Waals surface area contributed by atoms with Gasteiger partial charge in [-0.1, -0.05) is 30.9 Å². The van der Waals surface area contributed by atoms with E-state index in [4.69, 9.17) is 4.37 Å². The number of allylic oxidation sites excluding steroid dienone is 2. The molecule has 5 nitrogen and oxygen atoms in total. The van der Waals surface area contributed by atoms with E-state index in [0.717, 1.165) is 44.9 Å². The van der Waals surface area contributed by atoms with Crippen molar-refractivity contribution in [3.05, 3.63) is 48.4 Å². The molecule has 2 heterocycles. The molecule has 0 radical (unpaired) electrons. The normalized spacial score (nSPS) is 22.4. The van der Waals surface area contributed by atoms with E-state index in [2.05, 4.69) is 46.0 Å². The molecular weight excluding hydrogens is 436 g/mol. The third-order valence-corrected chi connectivity index (χ3v) is 8.22. The number of thioether (sulfide) groups is 1. The van der Waals surface area contributed by atoms with E-state index in [1.807, 2.05) is 11.5 Å². The third kappa shape index (κ3) is 6.36. The molecule has 0 atom stereocenters. The van der Waals surface area contributed by atoms with Crippen molar-refractivity contribution >= 4 is 45.1 Å². The Kier molecular flexibility index (Phi) is 8.65. The minimum atomic E-state index is 0.151. The highest BCUT2D eigenvalue weighted by Crippen LogP contribution is 2.30. The zero-order chi connectivity index (χ0) is 22.2. The molecule has 0 spiro atoms. The van der Waals surface area contributed by atoms with Gasteiger partial charge < -0.3 is 10.2 Å². The van der Waals surface area contributed by atoms with Gasteiger partial charge in [-0.3, -0.25) is 9.69 Å². The lowest BCUT2D eigenvalue weighted by Crippen LogP contribution is -2.47. The second-order valence-corrected chi connectivity index (χ2v) is 10.5. The van der Waals surface area contributed by atoms with Crippen LogP contribution < -0.4 is 10.2 Å². The summed E-state index contributed by atoms with van der Waals surface area (Å²) in [4.78, 5) is 17.1. The summed E-state index contributed by atoms with van der Waals surface area (Å²) in [6.45, 7) is 9.20. The Morgan fingerprint density at radius 2 is 1.97 bits per heavy atom. The number of fused-ring (bicyclic) bond motifs is 1. The molecule has 1 amide bonds. The van der Waals surface area contributed by atoms with Crippen LogP contribution in [0.1, 0.15) is 32.1 Å². The molecule has 1 saturated heterocycles. The highest BCUT2D eigenvalue weighted by atomic mass is 32.2. The lowest BCUT2D eigenvalue weighted by Gasteiger charge is -2.36. The molecule has 7 heteroatoms. The molecule has 2 aromatic rings. The van der Waals surface area contributed by atoms with Gasteiger partial charge >= 0.3 is 0 Å². The van der Waals surface area contributed by atoms with Crippen LogP contribution in [0.2, 0.25) is 0 Å². The summed E-state index contributed by atoms with van der Waals surface area (Å²) >= 11 is 3.13. The Bertz CT molecular complexity index is 912. The van der Waals surface area contributed by atoms with E-state index in [-0.39, 0.29) is 5.91 Å². The fourth-order valence-corrected chi connectivity index (χ4v) is 6.10. The van der Waals surface area contributed by atoms with Gasteiger partial charge in [0.15, 0.2) is 0 Å². The largest absolute Gasteiger partial charge is 0.353 e. The van der Waals surface area contributed by atoms with Crippen LogP contribution >= 0.6 is 23.3 Å². The molecule has 0 bridgehead atoms. The van der Waals surface area contributed by atoms with Gasteiger partial charge in [-0.05, 0) is 73.6 Å². The fourth-order valence-electron chi connectivity index (χ4n) is 4.75. The predicted octanol–water partition coefficient (Wildman–Crippen LogP) is 4.92. The minimum Gasteiger partial charge on any atom is -0.353 e. The van der Waals surface area contributed by atoms with Crippen molar-refractivity contribution in [1.82, 2.24) is 14.6 Å². The van der Waals surface area contributed by atoms with Crippen molar-refractivity contribution in [1.29, 1.82) is 0 Å². The SMILES string of the molecule is C=C/C=C\SCC(=O)NC1CCC(CCN2CCN(c3nsc4ccccc34)CC2)CC1. The number of carbonyl (C=O) groups is 1. The van der Waals surface area contributed by atoms with Crippen LogP contribution in [0.15, 0.2) is 48.4 Å². The average Bonchev–Trinajstić information content (AvgIpc) is 3.26. The number of carbonyl (C=O) groups excluding carboxylic acids is 1. The third-order valence-electron chi connectivity index (χ3n) is 6.62. The molecule has 1 aliphatic carbocycles. The Morgan fingerprint density at radius 1 is 1.19 bits per heavy atom. The minimum absolute atomic E-state index is 0.151. The van der Waals surface area contributed by atoms with Gasteiger partial charge in [-0.15, -0.1) is 11.8 Å². The molecule has 4 rings (SSSR count). The molecule has 2 aliphatic rings. The van der Waals surface area contributed by atoms with Crippen LogP contribution in [0.3, 0.4) is 0 Å². The van der Waals surface area contributed by atoms with Crippen LogP contribution in [0.25, 0.3) is 10.1 Å². The van der Waals surface area contributed by atoms with Crippen molar-refractivity contribution in [3.63, 3.8) is 0 Å². The Labute approximate surface area is 200 Å². The molecule has 0 unspecified atom stereocenters. The molecule has 32 heavy (non-hydrogen) atoms. The maximum atomic E-state index is 12.1. The first-order valence-corrected chi connectivity index (χ1v) is 13.6. The lowest BCUT2D eigenvalue weighted by atomic mass is 9.84. The number of hydrogen-bond acceptors (Lipinski definition) is 6. The zero-order valence-electron chi connectivity index (χ0n) is 18.7. The van der Waals surface area contributed by atoms with Crippen molar-refractivity contribution in [3.8, 4) is 0 Å². The second-order valence-electron chi connectivity index (χ2n) is 8.78. The number of rotatable bonds is 9. The summed E-state index contributed by atoms with van der Waals surface area (Å²) < 4.78 is 6.00. The quantitative estimate of drug-likeness (QED) is 0.528. The summed E-state index contributed by atoms with van der Waals surface area (Å²) in [5, 5.41) is 6.42. The van der Waals surface area contributed by atoms with E-state index in [1.165, 1.54) is 53.5 Å². The second kappa shape index (κ2) is 11.9. The number of amides is 1. The van der Waals surface area contributed by atoms with Crippen molar-refractivity contribution in [2.45, 2.75) is 38.1 Å². The summed E-state index contributed by atoms with van der Waals surface area (Å²) in [6, 6.07) is 8.91. The van der Waals surface area contributed by atoms with E-state index >= 15 is 0 Å². The van der Waals surface area contributed by atoms with Crippen molar-refractivity contribution < 1.29 is 4.79 Å². The van der Waals surface area contributed by atoms with Crippen LogP contribution in [-0.4, -0.2) is 59.7 Å². The Morgan fingerprint density at radius 3 is 2.75 bits per heavy atom. The van der Waals surface area contributed by atoms with Gasteiger partial charge in [-0.25, -0.2) is 0 Å². The van der Waals surface area contributed by atoms with Crippen LogP contribution in [0.4, 0.5) is 5.82 Å². The van der Waals surface area contributed by atoms with Crippen LogP contribution in [-0.2, 0) is 4.79 Å². The van der Waals surface area contributed by atoms with Gasteiger partial charge in [0.05, 0.1) is 10.5 Å². The smallest absolute Gasteiger partial charge is 0.230 e. The van der Waals surface area contributed by atoms with E-state index in [1.54, 1.807) is 17.6 Å². The average molecular weight is 471 g/mol. The number of nitrogens with one attached hydrogen (secondary N) is 1. The van der Waals surface area contributed by atoms with Gasteiger partial charge in [0.2, 0.25) is 5.91 Å². The molecule has 1 aromatic carbocycles. The molecule has 2 fully saturated rings. The number of hydrogen-bond donors (Lipinski definition) is 1. The molecule has 1 aliphatic heterocycles. The zero-order valence-corrected chi connectivity index (χ0v) is 20.4. The first kappa shape index (κ1) is 23.3. The highest BCUT2D eigenvalue weighted by Gasteiger charge is 2.24. The maximum absolute atomic E-state index is 12.1. The summed E-state index contributed by atoms with van der Waals surface area (Å²) in [5.41, 5.74) is 0. The first-order valence-electron chi connectivity index (χ1n) is 11.7. The summed E-state index contributed by atoms with van der Waals surface area (Å²) in [5.74, 6) is 2.61. The summed E-state index contributed by atoms with van der Waals surface area (Å²) in [7, 11) is 0. The van der Waals surface area contributed by atoms with Gasteiger partial charge in [0, 0.05) is 37.6 Å². The molecule has 1 aromatic heterocycles. The lowest BCUT2D eigenvalue weighted by molar-refractivity contribution is -0.119. The molecule has 172 valence electrons. The van der Waals surface area contributed by atoms with Crippen molar-refractivity contribution in [2.24, 2.45) is 5.92 Å². The van der Waals surface area contributed by atoms with Crippen molar-refractivity contribution in [2.75, 3.05) is 43.4 Å². The molecule has 1 N–H and O–H groups in total. The number of benzene rings is 1. The standard InChI is InChI=1S/C25H34N4OS2/c1-2-3-18-31-19-24(30)26-21-10-8-20(9-11-21)12-13-28-14-16-29(17-15-28)25-22-6-4-5-7-23(22)32-27-25/h2-7,18,20-21H,1,8-17,19H2,(H,26,30)/b18-3-. The maximum Gasteiger partial charge on any atom is 0.230 e. The monoisotopic (exact) mass is 470 g/mol. The number of nitrogens with zero attached hydrogens (tertiary/aromatic N) is 3. The molecular formula is C25H34N4OS2. The van der Waals surface area contributed by atoms with Gasteiger partial charge in [0.1, 0.15) is 5.82 Å². The summed E-state index contributed by atoms with van der Waals surface area (Å²) in [6.07, 6.45) is 9.59. The van der Waals surface area contributed by atoms with Crippen LogP contribution in [0, 0.1) is 5.92 Å². The number of piperazine rings is 1. The highest BCUT2D eigenvalue weighted by molar-refractivity contribution is 8.02. The Hall–Kier alpha value is -1.83. The molecule has 1 saturated carbocycles. The van der Waals surface area contributed by atoms with E-state index in [0.29, 0.717) is 11.8 Å². The van der Waals surface area contributed by atoms with Gasteiger partial charge in [0.25, 0.3) is 0 Å². The van der Waals surface area contributed by atoms with Gasteiger partial charge in [-0.2, -0.15) is 4.37 Å². The number of anilines is 1. The van der Waals surface area contributed by atoms with E-state index in [9.17, 15) is 4.79 Å². The Balaban J connectivity index is 1.12. The fraction of sp³-hybridized carbons (Fsp3) is 0.520. The van der Waals surface area contributed by atoms with Crippen LogP contribution in [0.5, 0.6) is 0 Å². The number of aromatic nitrogens is 1. The first-order chi connectivity index (χ1) is 15.7. The predicted molar refractivity (Wildman–Crippen MR) is 139 cm³/mol. The van der Waals surface area contributed by atoms with E-state index < -0.39 is 0 Å².